The summed E-state index contributed by atoms with van der Waals surface area (Å²) < 4.78 is 13.6. The highest BCUT2D eigenvalue weighted by atomic mass is 19.1. The van der Waals surface area contributed by atoms with Crippen molar-refractivity contribution in [1.82, 2.24) is 10.3 Å². The number of hydrogen-bond donors (Lipinski definition) is 3. The predicted molar refractivity (Wildman–Crippen MR) is 98.6 cm³/mol. The number of carbonyl (C=O) groups is 2. The maximum atomic E-state index is 13.6. The first kappa shape index (κ1) is 17.4. The smallest absolute Gasteiger partial charge is 0.244 e. The summed E-state index contributed by atoms with van der Waals surface area (Å²) in [7, 11) is 0. The van der Waals surface area contributed by atoms with E-state index >= 15 is 0 Å². The number of H-pyrrole nitrogens is 1. The molecule has 0 saturated carbocycles. The Kier molecular flexibility index (Phi) is 5.12. The molecule has 0 aliphatic rings. The number of carbonyl (C=O) groups excluding carboxylic acids is 2. The Bertz CT molecular complexity index is 978. The van der Waals surface area contributed by atoms with E-state index in [4.69, 9.17) is 5.73 Å². The zero-order chi connectivity index (χ0) is 18.5. The van der Waals surface area contributed by atoms with Crippen molar-refractivity contribution in [2.45, 2.75) is 12.5 Å². The number of amides is 2. The molecule has 3 aromatic rings. The first-order valence-electron chi connectivity index (χ1n) is 8.12. The van der Waals surface area contributed by atoms with Gasteiger partial charge in [0.1, 0.15) is 11.9 Å². The van der Waals surface area contributed by atoms with Crippen LogP contribution in [0.4, 0.5) is 4.39 Å². The Morgan fingerprint density at radius 3 is 2.65 bits per heavy atom. The molecule has 0 saturated heterocycles. The molecule has 1 heterocycles. The maximum Gasteiger partial charge on any atom is 0.244 e. The first-order chi connectivity index (χ1) is 12.5. The average molecular weight is 351 g/mol. The van der Waals surface area contributed by atoms with Gasteiger partial charge in [-0.15, -0.1) is 0 Å². The van der Waals surface area contributed by atoms with Crippen LogP contribution in [0.25, 0.3) is 17.0 Å². The predicted octanol–water partition coefficient (Wildman–Crippen LogP) is 2.53. The summed E-state index contributed by atoms with van der Waals surface area (Å²) in [6, 6.07) is 12.9. The van der Waals surface area contributed by atoms with E-state index in [0.717, 1.165) is 16.5 Å². The number of para-hydroxylation sites is 1. The standard InChI is InChI=1S/C20H18FN3O2/c21-16-7-3-1-5-13(16)9-10-19(25)24-18(20(22)26)11-14-12-23-17-8-4-2-6-15(14)17/h1-10,12,18,23H,11H2,(H2,22,26)(H,24,25)/t18-/m0/s1. The summed E-state index contributed by atoms with van der Waals surface area (Å²) >= 11 is 0. The summed E-state index contributed by atoms with van der Waals surface area (Å²) in [5, 5.41) is 3.54. The van der Waals surface area contributed by atoms with Gasteiger partial charge in [-0.3, -0.25) is 9.59 Å². The van der Waals surface area contributed by atoms with Gasteiger partial charge in [-0.1, -0.05) is 36.4 Å². The van der Waals surface area contributed by atoms with E-state index in [1.54, 1.807) is 24.4 Å². The van der Waals surface area contributed by atoms with Crippen molar-refractivity contribution >= 4 is 28.8 Å². The van der Waals surface area contributed by atoms with E-state index in [9.17, 15) is 14.0 Å². The van der Waals surface area contributed by atoms with Crippen LogP contribution in [0.3, 0.4) is 0 Å². The van der Waals surface area contributed by atoms with Crippen molar-refractivity contribution in [1.29, 1.82) is 0 Å². The second-order valence-corrected chi connectivity index (χ2v) is 5.88. The van der Waals surface area contributed by atoms with Gasteiger partial charge in [0.05, 0.1) is 0 Å². The third-order valence-corrected chi connectivity index (χ3v) is 4.08. The molecule has 0 aliphatic carbocycles. The molecule has 5 nitrogen and oxygen atoms in total. The van der Waals surface area contributed by atoms with Crippen LogP contribution in [0.15, 0.2) is 60.8 Å². The number of aromatic amines is 1. The summed E-state index contributed by atoms with van der Waals surface area (Å²) in [6.45, 7) is 0. The molecule has 0 radical (unpaired) electrons. The summed E-state index contributed by atoms with van der Waals surface area (Å²) in [4.78, 5) is 27.0. The fraction of sp³-hybridized carbons (Fsp3) is 0.100. The minimum absolute atomic E-state index is 0.263. The molecule has 1 atom stereocenters. The fourth-order valence-electron chi connectivity index (χ4n) is 2.74. The third kappa shape index (κ3) is 3.97. The van der Waals surface area contributed by atoms with E-state index in [0.29, 0.717) is 0 Å². The van der Waals surface area contributed by atoms with Crippen molar-refractivity contribution in [2.24, 2.45) is 5.73 Å². The number of aromatic nitrogens is 1. The van der Waals surface area contributed by atoms with Gasteiger partial charge in [0.25, 0.3) is 0 Å². The highest BCUT2D eigenvalue weighted by Gasteiger charge is 2.19. The summed E-state index contributed by atoms with van der Waals surface area (Å²) in [5.74, 6) is -1.58. The van der Waals surface area contributed by atoms with Crippen LogP contribution in [0.1, 0.15) is 11.1 Å². The molecule has 4 N–H and O–H groups in total. The lowest BCUT2D eigenvalue weighted by Gasteiger charge is -2.14. The zero-order valence-electron chi connectivity index (χ0n) is 13.9. The second-order valence-electron chi connectivity index (χ2n) is 5.88. The van der Waals surface area contributed by atoms with Gasteiger partial charge in [-0.05, 0) is 23.8 Å². The fourth-order valence-corrected chi connectivity index (χ4v) is 2.74. The lowest BCUT2D eigenvalue weighted by Crippen LogP contribution is -2.45. The molecular weight excluding hydrogens is 333 g/mol. The summed E-state index contributed by atoms with van der Waals surface area (Å²) in [5.41, 5.74) is 7.53. The molecule has 2 amide bonds. The maximum absolute atomic E-state index is 13.6. The van der Waals surface area contributed by atoms with Crippen molar-refractivity contribution in [3.05, 3.63) is 77.7 Å². The van der Waals surface area contributed by atoms with Crippen molar-refractivity contribution < 1.29 is 14.0 Å². The van der Waals surface area contributed by atoms with Gasteiger partial charge in [0.2, 0.25) is 11.8 Å². The number of nitrogens with two attached hydrogens (primary N) is 1. The van der Waals surface area contributed by atoms with Crippen LogP contribution < -0.4 is 11.1 Å². The SMILES string of the molecule is NC(=O)[C@H](Cc1c[nH]c2ccccc12)NC(=O)C=Cc1ccccc1F. The van der Waals surface area contributed by atoms with Crippen LogP contribution in [0, 0.1) is 5.82 Å². The number of benzene rings is 2. The van der Waals surface area contributed by atoms with Crippen molar-refractivity contribution in [3.63, 3.8) is 0 Å². The van der Waals surface area contributed by atoms with E-state index in [-0.39, 0.29) is 12.0 Å². The molecule has 0 unspecified atom stereocenters. The van der Waals surface area contributed by atoms with Gasteiger partial charge >= 0.3 is 0 Å². The molecular formula is C20H18FN3O2. The van der Waals surface area contributed by atoms with Gasteiger partial charge in [0.15, 0.2) is 0 Å². The van der Waals surface area contributed by atoms with Gasteiger partial charge in [-0.25, -0.2) is 4.39 Å². The van der Waals surface area contributed by atoms with Crippen LogP contribution in [0.5, 0.6) is 0 Å². The lowest BCUT2D eigenvalue weighted by atomic mass is 10.0. The van der Waals surface area contributed by atoms with Crippen molar-refractivity contribution in [2.75, 3.05) is 0 Å². The largest absolute Gasteiger partial charge is 0.368 e. The molecule has 132 valence electrons. The molecule has 0 aliphatic heterocycles. The average Bonchev–Trinajstić information content (AvgIpc) is 3.03. The molecule has 3 rings (SSSR count). The number of fused-ring (bicyclic) bond motifs is 1. The topological polar surface area (TPSA) is 88.0 Å². The van der Waals surface area contributed by atoms with E-state index < -0.39 is 23.7 Å². The molecule has 1 aromatic heterocycles. The molecule has 0 bridgehead atoms. The van der Waals surface area contributed by atoms with Crippen molar-refractivity contribution in [3.8, 4) is 0 Å². The second kappa shape index (κ2) is 7.65. The van der Waals surface area contributed by atoms with E-state index in [1.165, 1.54) is 18.2 Å². The molecule has 6 heteroatoms. The Morgan fingerprint density at radius 2 is 1.88 bits per heavy atom. The quantitative estimate of drug-likeness (QED) is 0.596. The van der Waals surface area contributed by atoms with E-state index in [1.807, 2.05) is 24.3 Å². The first-order valence-corrected chi connectivity index (χ1v) is 8.12. The van der Waals surface area contributed by atoms with Crippen LogP contribution in [-0.2, 0) is 16.0 Å². The molecule has 2 aromatic carbocycles. The Labute approximate surface area is 149 Å². The minimum Gasteiger partial charge on any atom is -0.368 e. The highest BCUT2D eigenvalue weighted by molar-refractivity contribution is 5.95. The van der Waals surface area contributed by atoms with Crippen LogP contribution in [0.2, 0.25) is 0 Å². The number of halogens is 1. The summed E-state index contributed by atoms with van der Waals surface area (Å²) in [6.07, 6.45) is 4.60. The van der Waals surface area contributed by atoms with Crippen LogP contribution >= 0.6 is 0 Å². The Hall–Kier alpha value is -3.41. The van der Waals surface area contributed by atoms with Gasteiger partial charge < -0.3 is 16.0 Å². The monoisotopic (exact) mass is 351 g/mol. The Balaban J connectivity index is 1.71. The normalized spacial score (nSPS) is 12.3. The van der Waals surface area contributed by atoms with Gasteiger partial charge in [0, 0.05) is 35.2 Å². The highest BCUT2D eigenvalue weighted by Crippen LogP contribution is 2.19. The molecule has 0 spiro atoms. The number of primary amides is 1. The van der Waals surface area contributed by atoms with Gasteiger partial charge in [-0.2, -0.15) is 0 Å². The molecule has 26 heavy (non-hydrogen) atoms. The zero-order valence-corrected chi connectivity index (χ0v) is 13.9. The number of hydrogen-bond acceptors (Lipinski definition) is 2. The molecule has 0 fully saturated rings. The lowest BCUT2D eigenvalue weighted by molar-refractivity contribution is -0.124. The van der Waals surface area contributed by atoms with Crippen LogP contribution in [-0.4, -0.2) is 22.8 Å². The number of nitrogens with one attached hydrogen (secondary N) is 2. The van der Waals surface area contributed by atoms with E-state index in [2.05, 4.69) is 10.3 Å². The Morgan fingerprint density at radius 1 is 1.15 bits per heavy atom. The number of rotatable bonds is 6. The minimum atomic E-state index is -0.869. The third-order valence-electron chi connectivity index (χ3n) is 4.08.